The largest absolute Gasteiger partial charge is 0.492 e. The molecular weight excluding hydrogens is 358 g/mol. The van der Waals surface area contributed by atoms with Crippen LogP contribution in [-0.4, -0.2) is 29.8 Å². The average molecular weight is 380 g/mol. The van der Waals surface area contributed by atoms with Gasteiger partial charge >= 0.3 is 5.97 Å². The van der Waals surface area contributed by atoms with Crippen molar-refractivity contribution in [1.29, 1.82) is 0 Å². The third kappa shape index (κ3) is 5.22. The first kappa shape index (κ1) is 17.8. The highest BCUT2D eigenvalue weighted by molar-refractivity contribution is 9.10. The van der Waals surface area contributed by atoms with Gasteiger partial charge in [-0.15, -0.1) is 0 Å². The normalized spacial score (nSPS) is 13.7. The number of carboxylic acids is 1. The van der Waals surface area contributed by atoms with Crippen LogP contribution in [0, 0.1) is 0 Å². The zero-order valence-electron chi connectivity index (χ0n) is 13.4. The number of ether oxygens (including phenoxy) is 1. The molecule has 124 valence electrons. The fourth-order valence-electron chi connectivity index (χ4n) is 2.46. The molecule has 2 atom stereocenters. The van der Waals surface area contributed by atoms with Gasteiger partial charge in [0, 0.05) is 10.5 Å². The van der Waals surface area contributed by atoms with Crippen LogP contribution in [0.2, 0.25) is 0 Å². The lowest BCUT2D eigenvalue weighted by Crippen LogP contribution is -2.44. The second kappa shape index (κ2) is 8.31. The molecule has 2 rings (SSSR count). The molecule has 0 spiro atoms. The minimum atomic E-state index is -0.810. The molecule has 0 heterocycles. The molecular formula is C18H22BrNO3. The molecule has 0 radical (unpaired) electrons. The van der Waals surface area contributed by atoms with E-state index in [1.165, 1.54) is 0 Å². The topological polar surface area (TPSA) is 58.6 Å². The van der Waals surface area contributed by atoms with Gasteiger partial charge in [-0.3, -0.25) is 10.1 Å². The molecule has 0 aromatic heterocycles. The maximum Gasteiger partial charge on any atom is 0.320 e. The van der Waals surface area contributed by atoms with Crippen LogP contribution in [0.1, 0.15) is 26.7 Å². The highest BCUT2D eigenvalue weighted by atomic mass is 79.9. The highest BCUT2D eigenvalue weighted by Crippen LogP contribution is 2.24. The molecule has 0 aliphatic heterocycles. The number of hydrogen-bond donors (Lipinski definition) is 2. The second-order valence-corrected chi connectivity index (χ2v) is 6.63. The Morgan fingerprint density at radius 3 is 2.65 bits per heavy atom. The summed E-state index contributed by atoms with van der Waals surface area (Å²) in [7, 11) is 0. The van der Waals surface area contributed by atoms with Gasteiger partial charge in [-0.05, 0) is 48.4 Å². The third-order valence-corrected chi connectivity index (χ3v) is 4.13. The van der Waals surface area contributed by atoms with Crippen molar-refractivity contribution < 1.29 is 14.6 Å². The number of carboxylic acid groups (broad SMARTS) is 1. The lowest BCUT2D eigenvalue weighted by molar-refractivity contribution is -0.139. The molecule has 0 fully saturated rings. The molecule has 0 aliphatic carbocycles. The number of rotatable bonds is 8. The molecule has 4 nitrogen and oxygen atoms in total. The minimum absolute atomic E-state index is 0.0386. The summed E-state index contributed by atoms with van der Waals surface area (Å²) in [5.74, 6) is -0.0224. The van der Waals surface area contributed by atoms with E-state index >= 15 is 0 Å². The first-order chi connectivity index (χ1) is 11.0. The smallest absolute Gasteiger partial charge is 0.320 e. The molecule has 0 amide bonds. The van der Waals surface area contributed by atoms with E-state index in [1.807, 2.05) is 44.2 Å². The van der Waals surface area contributed by atoms with E-state index in [1.54, 1.807) is 0 Å². The molecule has 0 aliphatic rings. The number of halogens is 1. The van der Waals surface area contributed by atoms with Crippen molar-refractivity contribution in [2.24, 2.45) is 0 Å². The van der Waals surface area contributed by atoms with E-state index in [9.17, 15) is 9.90 Å². The molecule has 0 saturated heterocycles. The van der Waals surface area contributed by atoms with Crippen LogP contribution in [-0.2, 0) is 4.79 Å². The van der Waals surface area contributed by atoms with Gasteiger partial charge in [-0.1, -0.05) is 41.4 Å². The SMILES string of the molecule is CCCC(NC(C)COc1ccc2cc(Br)ccc2c1)C(=O)O. The van der Waals surface area contributed by atoms with Crippen LogP contribution in [0.4, 0.5) is 0 Å². The Bertz CT molecular complexity index is 674. The molecule has 2 unspecified atom stereocenters. The van der Waals surface area contributed by atoms with Crippen LogP contribution in [0.5, 0.6) is 5.75 Å². The summed E-state index contributed by atoms with van der Waals surface area (Å²) < 4.78 is 6.85. The Labute approximate surface area is 145 Å². The fraction of sp³-hybridized carbons (Fsp3) is 0.389. The van der Waals surface area contributed by atoms with Crippen molar-refractivity contribution in [2.75, 3.05) is 6.61 Å². The van der Waals surface area contributed by atoms with Crippen molar-refractivity contribution in [3.8, 4) is 5.75 Å². The van der Waals surface area contributed by atoms with Crippen molar-refractivity contribution in [1.82, 2.24) is 5.32 Å². The van der Waals surface area contributed by atoms with E-state index in [0.29, 0.717) is 13.0 Å². The lowest BCUT2D eigenvalue weighted by Gasteiger charge is -2.20. The molecule has 0 saturated carbocycles. The van der Waals surface area contributed by atoms with Crippen molar-refractivity contribution in [3.05, 3.63) is 40.9 Å². The molecule has 2 N–H and O–H groups in total. The van der Waals surface area contributed by atoms with Crippen molar-refractivity contribution in [3.63, 3.8) is 0 Å². The van der Waals surface area contributed by atoms with Crippen LogP contribution in [0.3, 0.4) is 0 Å². The summed E-state index contributed by atoms with van der Waals surface area (Å²) in [6.45, 7) is 4.34. The lowest BCUT2D eigenvalue weighted by atomic mass is 10.1. The van der Waals surface area contributed by atoms with E-state index in [2.05, 4.69) is 27.3 Å². The maximum atomic E-state index is 11.2. The Hall–Kier alpha value is -1.59. The van der Waals surface area contributed by atoms with E-state index in [4.69, 9.17) is 4.74 Å². The average Bonchev–Trinajstić information content (AvgIpc) is 2.52. The Morgan fingerprint density at radius 2 is 1.96 bits per heavy atom. The third-order valence-electron chi connectivity index (χ3n) is 3.63. The molecule has 23 heavy (non-hydrogen) atoms. The van der Waals surface area contributed by atoms with Crippen LogP contribution in [0.25, 0.3) is 10.8 Å². The van der Waals surface area contributed by atoms with Crippen molar-refractivity contribution in [2.45, 2.75) is 38.8 Å². The van der Waals surface area contributed by atoms with Crippen molar-refractivity contribution >= 4 is 32.7 Å². The first-order valence-corrected chi connectivity index (χ1v) is 8.60. The summed E-state index contributed by atoms with van der Waals surface area (Å²) >= 11 is 3.46. The van der Waals surface area contributed by atoms with Gasteiger partial charge in [0.2, 0.25) is 0 Å². The maximum absolute atomic E-state index is 11.2. The number of nitrogens with one attached hydrogen (secondary N) is 1. The zero-order valence-corrected chi connectivity index (χ0v) is 15.0. The predicted octanol–water partition coefficient (Wildman–Crippen LogP) is 4.21. The predicted molar refractivity (Wildman–Crippen MR) is 96.1 cm³/mol. The highest BCUT2D eigenvalue weighted by Gasteiger charge is 2.18. The quantitative estimate of drug-likeness (QED) is 0.720. The Kier molecular flexibility index (Phi) is 6.42. The Morgan fingerprint density at radius 1 is 1.26 bits per heavy atom. The summed E-state index contributed by atoms with van der Waals surface area (Å²) in [5.41, 5.74) is 0. The summed E-state index contributed by atoms with van der Waals surface area (Å²) in [6, 6.07) is 11.5. The van der Waals surface area contributed by atoms with E-state index in [0.717, 1.165) is 27.4 Å². The second-order valence-electron chi connectivity index (χ2n) is 5.71. The number of benzene rings is 2. The van der Waals surface area contributed by atoms with Gasteiger partial charge in [-0.25, -0.2) is 0 Å². The minimum Gasteiger partial charge on any atom is -0.492 e. The Balaban J connectivity index is 1.94. The van der Waals surface area contributed by atoms with Gasteiger partial charge in [0.05, 0.1) is 0 Å². The van der Waals surface area contributed by atoms with E-state index in [-0.39, 0.29) is 6.04 Å². The zero-order chi connectivity index (χ0) is 16.8. The number of carbonyl (C=O) groups is 1. The molecule has 2 aromatic rings. The van der Waals surface area contributed by atoms with Gasteiger partial charge < -0.3 is 9.84 Å². The van der Waals surface area contributed by atoms with E-state index < -0.39 is 12.0 Å². The summed E-state index contributed by atoms with van der Waals surface area (Å²) in [4.78, 5) is 11.2. The fourth-order valence-corrected chi connectivity index (χ4v) is 2.84. The van der Waals surface area contributed by atoms with Gasteiger partial charge in [0.15, 0.2) is 0 Å². The van der Waals surface area contributed by atoms with Crippen LogP contribution < -0.4 is 10.1 Å². The van der Waals surface area contributed by atoms with Gasteiger partial charge in [0.1, 0.15) is 18.4 Å². The summed E-state index contributed by atoms with van der Waals surface area (Å²) in [6.07, 6.45) is 1.45. The van der Waals surface area contributed by atoms with Crippen LogP contribution >= 0.6 is 15.9 Å². The number of fused-ring (bicyclic) bond motifs is 1. The molecule has 5 heteroatoms. The number of aliphatic carboxylic acids is 1. The molecule has 0 bridgehead atoms. The first-order valence-electron chi connectivity index (χ1n) is 7.80. The number of hydrogen-bond acceptors (Lipinski definition) is 3. The van der Waals surface area contributed by atoms with Gasteiger partial charge in [-0.2, -0.15) is 0 Å². The summed E-state index contributed by atoms with van der Waals surface area (Å²) in [5, 5.41) is 14.5. The monoisotopic (exact) mass is 379 g/mol. The molecule has 2 aromatic carbocycles. The van der Waals surface area contributed by atoms with Gasteiger partial charge in [0.25, 0.3) is 0 Å². The standard InChI is InChI=1S/C18H22BrNO3/c1-3-4-17(18(21)22)20-12(2)11-23-16-8-6-13-9-15(19)7-5-14(13)10-16/h5-10,12,17,20H,3-4,11H2,1-2H3,(H,21,22). The van der Waals surface area contributed by atoms with Crippen LogP contribution in [0.15, 0.2) is 40.9 Å².